The van der Waals surface area contributed by atoms with E-state index in [9.17, 15) is 9.59 Å². The average Bonchev–Trinajstić information content (AvgIpc) is 3.36. The van der Waals surface area contributed by atoms with Crippen LogP contribution < -0.4 is 0 Å². The second-order valence-corrected chi connectivity index (χ2v) is 6.94. The normalized spacial score (nSPS) is 10.6. The zero-order valence-corrected chi connectivity index (χ0v) is 16.3. The first kappa shape index (κ1) is 19.7. The summed E-state index contributed by atoms with van der Waals surface area (Å²) in [4.78, 5) is 30.3. The molecule has 0 atom stereocenters. The Kier molecular flexibility index (Phi) is 6.49. The van der Waals surface area contributed by atoms with Crippen molar-refractivity contribution in [3.05, 3.63) is 65.6 Å². The number of hydrogen-bond acceptors (Lipinski definition) is 8. The Hall–Kier alpha value is -3.07. The SMILES string of the molecule is Cc1cc(CSc2ncccc2C(=O)OCC(=O)N(C)Cc2ccco2)no1. The van der Waals surface area contributed by atoms with Gasteiger partial charge < -0.3 is 18.6 Å². The summed E-state index contributed by atoms with van der Waals surface area (Å²) in [6, 6.07) is 8.59. The summed E-state index contributed by atoms with van der Waals surface area (Å²) < 4.78 is 15.4. The second-order valence-electron chi connectivity index (χ2n) is 5.98. The standard InChI is InChI=1S/C19H19N3O5S/c1-13-9-14(21-27-13)12-28-18-16(6-3-7-20-18)19(24)26-11-17(23)22(2)10-15-5-4-8-25-15/h3-9H,10-12H2,1-2H3. The molecule has 0 aliphatic carbocycles. The van der Waals surface area contributed by atoms with E-state index in [2.05, 4.69) is 10.1 Å². The molecule has 0 radical (unpaired) electrons. The minimum absolute atomic E-state index is 0.300. The molecule has 0 fully saturated rings. The fourth-order valence-corrected chi connectivity index (χ4v) is 3.19. The van der Waals surface area contributed by atoms with Crippen molar-refractivity contribution in [1.82, 2.24) is 15.0 Å². The van der Waals surface area contributed by atoms with E-state index in [-0.39, 0.29) is 12.5 Å². The molecular weight excluding hydrogens is 382 g/mol. The average molecular weight is 401 g/mol. The molecule has 0 N–H and O–H groups in total. The number of thioether (sulfide) groups is 1. The van der Waals surface area contributed by atoms with Gasteiger partial charge in [-0.1, -0.05) is 16.9 Å². The number of esters is 1. The van der Waals surface area contributed by atoms with Crippen molar-refractivity contribution >= 4 is 23.6 Å². The maximum Gasteiger partial charge on any atom is 0.341 e. The van der Waals surface area contributed by atoms with Crippen LogP contribution >= 0.6 is 11.8 Å². The second kappa shape index (κ2) is 9.23. The van der Waals surface area contributed by atoms with Crippen LogP contribution in [0.4, 0.5) is 0 Å². The lowest BCUT2D eigenvalue weighted by Crippen LogP contribution is -2.30. The largest absolute Gasteiger partial charge is 0.467 e. The molecular formula is C19H19N3O5S. The molecule has 0 aromatic carbocycles. The van der Waals surface area contributed by atoms with E-state index >= 15 is 0 Å². The summed E-state index contributed by atoms with van der Waals surface area (Å²) in [6.45, 7) is 1.75. The van der Waals surface area contributed by atoms with Crippen molar-refractivity contribution in [3.8, 4) is 0 Å². The van der Waals surface area contributed by atoms with Gasteiger partial charge in [-0.05, 0) is 31.2 Å². The van der Waals surface area contributed by atoms with Gasteiger partial charge in [0.15, 0.2) is 6.61 Å². The lowest BCUT2D eigenvalue weighted by molar-refractivity contribution is -0.134. The number of furan rings is 1. The van der Waals surface area contributed by atoms with Crippen LogP contribution in [0.25, 0.3) is 0 Å². The number of hydrogen-bond donors (Lipinski definition) is 0. The minimum atomic E-state index is -0.605. The number of amides is 1. The van der Waals surface area contributed by atoms with Crippen LogP contribution in [0, 0.1) is 6.92 Å². The van der Waals surface area contributed by atoms with E-state index < -0.39 is 5.97 Å². The van der Waals surface area contributed by atoms with E-state index in [1.54, 1.807) is 37.5 Å². The first-order valence-corrected chi connectivity index (χ1v) is 9.45. The number of pyridine rings is 1. The molecule has 0 aliphatic heterocycles. The Morgan fingerprint density at radius 1 is 1.29 bits per heavy atom. The molecule has 1 amide bonds. The molecule has 146 valence electrons. The third-order valence-electron chi connectivity index (χ3n) is 3.75. The van der Waals surface area contributed by atoms with Crippen LogP contribution in [0.15, 0.2) is 56.8 Å². The smallest absolute Gasteiger partial charge is 0.341 e. The van der Waals surface area contributed by atoms with Gasteiger partial charge in [0.1, 0.15) is 16.5 Å². The maximum absolute atomic E-state index is 12.4. The summed E-state index contributed by atoms with van der Waals surface area (Å²) in [5.41, 5.74) is 1.05. The predicted octanol–water partition coefficient (Wildman–Crippen LogP) is 3.08. The summed E-state index contributed by atoms with van der Waals surface area (Å²) in [7, 11) is 1.62. The Morgan fingerprint density at radius 2 is 2.14 bits per heavy atom. The summed E-state index contributed by atoms with van der Waals surface area (Å²) in [5.74, 6) is 0.927. The quantitative estimate of drug-likeness (QED) is 0.419. The van der Waals surface area contributed by atoms with Gasteiger partial charge in [-0.3, -0.25) is 4.79 Å². The van der Waals surface area contributed by atoms with Gasteiger partial charge in [0.25, 0.3) is 5.91 Å². The Labute approximate surface area is 165 Å². The molecule has 3 aromatic rings. The molecule has 0 unspecified atom stereocenters. The van der Waals surface area contributed by atoms with Crippen LogP contribution in [0.3, 0.4) is 0 Å². The number of aromatic nitrogens is 2. The van der Waals surface area contributed by atoms with Crippen molar-refractivity contribution in [3.63, 3.8) is 0 Å². The van der Waals surface area contributed by atoms with Gasteiger partial charge in [-0.25, -0.2) is 9.78 Å². The first-order valence-electron chi connectivity index (χ1n) is 8.46. The molecule has 8 nitrogen and oxygen atoms in total. The lowest BCUT2D eigenvalue weighted by atomic mass is 10.3. The fourth-order valence-electron chi connectivity index (χ4n) is 2.33. The number of carbonyl (C=O) groups excluding carboxylic acids is 2. The van der Waals surface area contributed by atoms with Crippen LogP contribution in [0.2, 0.25) is 0 Å². The van der Waals surface area contributed by atoms with Crippen molar-refractivity contribution < 1.29 is 23.3 Å². The zero-order valence-electron chi connectivity index (χ0n) is 15.5. The Balaban J connectivity index is 1.55. The monoisotopic (exact) mass is 401 g/mol. The molecule has 3 aromatic heterocycles. The molecule has 0 saturated carbocycles. The first-order chi connectivity index (χ1) is 13.5. The van der Waals surface area contributed by atoms with Gasteiger partial charge in [0.2, 0.25) is 0 Å². The van der Waals surface area contributed by atoms with Gasteiger partial charge in [-0.2, -0.15) is 0 Å². The highest BCUT2D eigenvalue weighted by Gasteiger charge is 2.18. The number of aryl methyl sites for hydroxylation is 1. The van der Waals surface area contributed by atoms with Crippen LogP contribution in [-0.2, 0) is 21.8 Å². The third kappa shape index (κ3) is 5.23. The van der Waals surface area contributed by atoms with Gasteiger partial charge in [0.05, 0.1) is 24.1 Å². The van der Waals surface area contributed by atoms with Crippen LogP contribution in [0.1, 0.15) is 27.6 Å². The van der Waals surface area contributed by atoms with E-state index in [1.165, 1.54) is 22.9 Å². The Morgan fingerprint density at radius 3 is 2.86 bits per heavy atom. The van der Waals surface area contributed by atoms with Crippen LogP contribution in [0.5, 0.6) is 0 Å². The molecule has 0 saturated heterocycles. The Bertz CT molecular complexity index is 939. The highest BCUT2D eigenvalue weighted by atomic mass is 32.2. The van der Waals surface area contributed by atoms with E-state index in [0.29, 0.717) is 34.4 Å². The van der Waals surface area contributed by atoms with Crippen molar-refractivity contribution in [2.24, 2.45) is 0 Å². The number of ether oxygens (including phenoxy) is 1. The molecule has 0 bridgehead atoms. The predicted molar refractivity (Wildman–Crippen MR) is 101 cm³/mol. The maximum atomic E-state index is 12.4. The van der Waals surface area contributed by atoms with Gasteiger partial charge in [0, 0.05) is 25.1 Å². The van der Waals surface area contributed by atoms with E-state index in [0.717, 1.165) is 5.69 Å². The molecule has 9 heteroatoms. The topological polar surface area (TPSA) is 98.7 Å². The molecule has 3 rings (SSSR count). The highest BCUT2D eigenvalue weighted by Crippen LogP contribution is 2.24. The molecule has 28 heavy (non-hydrogen) atoms. The fraction of sp³-hybridized carbons (Fsp3) is 0.263. The number of likely N-dealkylation sites (N-methyl/N-ethyl adjacent to an activating group) is 1. The third-order valence-corrected chi connectivity index (χ3v) is 4.79. The molecule has 3 heterocycles. The minimum Gasteiger partial charge on any atom is -0.467 e. The number of nitrogens with zero attached hydrogens (tertiary/aromatic N) is 3. The summed E-state index contributed by atoms with van der Waals surface area (Å²) >= 11 is 1.34. The van der Waals surface area contributed by atoms with E-state index in [1.807, 2.05) is 13.0 Å². The van der Waals surface area contributed by atoms with E-state index in [4.69, 9.17) is 13.7 Å². The van der Waals surface area contributed by atoms with Crippen molar-refractivity contribution in [2.45, 2.75) is 24.2 Å². The van der Waals surface area contributed by atoms with Crippen LogP contribution in [-0.4, -0.2) is 40.6 Å². The summed E-state index contributed by atoms with van der Waals surface area (Å²) in [5, 5.41) is 4.42. The zero-order chi connectivity index (χ0) is 19.9. The molecule has 0 aliphatic rings. The number of rotatable bonds is 8. The van der Waals surface area contributed by atoms with Crippen molar-refractivity contribution in [2.75, 3.05) is 13.7 Å². The van der Waals surface area contributed by atoms with Gasteiger partial charge in [-0.15, -0.1) is 0 Å². The summed E-state index contributed by atoms with van der Waals surface area (Å²) in [6.07, 6.45) is 3.13. The lowest BCUT2D eigenvalue weighted by Gasteiger charge is -2.15. The molecule has 0 spiro atoms. The highest BCUT2D eigenvalue weighted by molar-refractivity contribution is 7.98. The van der Waals surface area contributed by atoms with Crippen molar-refractivity contribution in [1.29, 1.82) is 0 Å². The van der Waals surface area contributed by atoms with Gasteiger partial charge >= 0.3 is 5.97 Å². The number of carbonyl (C=O) groups is 2.